The molecule has 0 saturated carbocycles. The second-order valence-electron chi connectivity index (χ2n) is 5.65. The standard InChI is InChI=1S/C21H14O6/c22-18-12-16(10-11-17(18)19(23)13-4-2-1-3-5-13)27-21(26)15-8-6-14(7-9-15)20(24)25/h1-12,22H,(H,24,25). The number of hydrogen-bond acceptors (Lipinski definition) is 5. The predicted molar refractivity (Wildman–Crippen MR) is 96.3 cm³/mol. The molecule has 0 saturated heterocycles. The van der Waals surface area contributed by atoms with Crippen LogP contribution in [0.2, 0.25) is 0 Å². The van der Waals surface area contributed by atoms with Crippen LogP contribution in [-0.4, -0.2) is 27.9 Å². The van der Waals surface area contributed by atoms with Crippen LogP contribution in [0.5, 0.6) is 11.5 Å². The van der Waals surface area contributed by atoms with E-state index >= 15 is 0 Å². The van der Waals surface area contributed by atoms with Crippen LogP contribution in [0.3, 0.4) is 0 Å². The van der Waals surface area contributed by atoms with Crippen molar-refractivity contribution in [2.45, 2.75) is 0 Å². The summed E-state index contributed by atoms with van der Waals surface area (Å²) in [5.74, 6) is -2.41. The molecule has 0 atom stereocenters. The van der Waals surface area contributed by atoms with Gasteiger partial charge in [-0.05, 0) is 36.4 Å². The van der Waals surface area contributed by atoms with Crippen LogP contribution in [0.4, 0.5) is 0 Å². The van der Waals surface area contributed by atoms with Gasteiger partial charge in [0.05, 0.1) is 16.7 Å². The van der Waals surface area contributed by atoms with Gasteiger partial charge in [-0.2, -0.15) is 0 Å². The molecule has 3 rings (SSSR count). The summed E-state index contributed by atoms with van der Waals surface area (Å²) in [5, 5.41) is 19.0. The maximum Gasteiger partial charge on any atom is 0.343 e. The molecule has 0 aliphatic rings. The zero-order valence-electron chi connectivity index (χ0n) is 14.0. The molecule has 0 amide bonds. The number of carboxylic acids is 1. The fourth-order valence-corrected chi connectivity index (χ4v) is 2.43. The maximum atomic E-state index is 12.4. The number of rotatable bonds is 5. The number of aromatic hydroxyl groups is 1. The Morgan fingerprint density at radius 1 is 0.741 bits per heavy atom. The summed E-state index contributed by atoms with van der Waals surface area (Å²) in [6.07, 6.45) is 0. The van der Waals surface area contributed by atoms with Crippen molar-refractivity contribution >= 4 is 17.7 Å². The van der Waals surface area contributed by atoms with Gasteiger partial charge < -0.3 is 14.9 Å². The zero-order valence-corrected chi connectivity index (χ0v) is 14.0. The van der Waals surface area contributed by atoms with Gasteiger partial charge in [0.25, 0.3) is 0 Å². The summed E-state index contributed by atoms with van der Waals surface area (Å²) in [4.78, 5) is 35.4. The van der Waals surface area contributed by atoms with Crippen LogP contribution in [0.25, 0.3) is 0 Å². The smallest absolute Gasteiger partial charge is 0.343 e. The van der Waals surface area contributed by atoms with Crippen LogP contribution in [0.1, 0.15) is 36.6 Å². The maximum absolute atomic E-state index is 12.4. The summed E-state index contributed by atoms with van der Waals surface area (Å²) in [5.41, 5.74) is 0.722. The number of aromatic carboxylic acids is 1. The number of carboxylic acid groups (broad SMARTS) is 1. The minimum Gasteiger partial charge on any atom is -0.507 e. The monoisotopic (exact) mass is 362 g/mol. The summed E-state index contributed by atoms with van der Waals surface area (Å²) in [6, 6.07) is 17.7. The van der Waals surface area contributed by atoms with E-state index in [1.165, 1.54) is 42.5 Å². The highest BCUT2D eigenvalue weighted by Crippen LogP contribution is 2.26. The molecule has 27 heavy (non-hydrogen) atoms. The van der Waals surface area contributed by atoms with Crippen molar-refractivity contribution in [3.8, 4) is 11.5 Å². The van der Waals surface area contributed by atoms with Crippen LogP contribution in [0, 0.1) is 0 Å². The first-order chi connectivity index (χ1) is 13.0. The van der Waals surface area contributed by atoms with Crippen molar-refractivity contribution in [3.63, 3.8) is 0 Å². The number of esters is 1. The minimum absolute atomic E-state index is 0.0490. The topological polar surface area (TPSA) is 101 Å². The molecular formula is C21H14O6. The van der Waals surface area contributed by atoms with Crippen LogP contribution >= 0.6 is 0 Å². The molecule has 0 fully saturated rings. The molecule has 0 spiro atoms. The highest BCUT2D eigenvalue weighted by Gasteiger charge is 2.16. The van der Waals surface area contributed by atoms with E-state index in [0.29, 0.717) is 5.56 Å². The second-order valence-corrected chi connectivity index (χ2v) is 5.65. The van der Waals surface area contributed by atoms with Crippen LogP contribution in [-0.2, 0) is 0 Å². The number of carbonyl (C=O) groups is 3. The number of phenolic OH excluding ortho intramolecular Hbond substituents is 1. The molecule has 0 bridgehead atoms. The third-order valence-corrected chi connectivity index (χ3v) is 3.83. The van der Waals surface area contributed by atoms with Crippen molar-refractivity contribution in [1.82, 2.24) is 0 Å². The molecule has 6 nitrogen and oxygen atoms in total. The number of ketones is 1. The molecule has 0 radical (unpaired) electrons. The van der Waals surface area contributed by atoms with E-state index in [2.05, 4.69) is 0 Å². The number of carbonyl (C=O) groups excluding carboxylic acids is 2. The molecule has 3 aromatic carbocycles. The molecule has 0 aliphatic heterocycles. The lowest BCUT2D eigenvalue weighted by atomic mass is 10.0. The van der Waals surface area contributed by atoms with E-state index < -0.39 is 11.9 Å². The predicted octanol–water partition coefficient (Wildman–Crippen LogP) is 3.54. The van der Waals surface area contributed by atoms with E-state index in [9.17, 15) is 19.5 Å². The quantitative estimate of drug-likeness (QED) is 0.409. The number of benzene rings is 3. The fourth-order valence-electron chi connectivity index (χ4n) is 2.43. The molecule has 0 aromatic heterocycles. The molecule has 0 unspecified atom stereocenters. The van der Waals surface area contributed by atoms with Crippen molar-refractivity contribution in [2.75, 3.05) is 0 Å². The molecule has 6 heteroatoms. The summed E-state index contributed by atoms with van der Waals surface area (Å²) < 4.78 is 5.16. The Hall–Kier alpha value is -3.93. The molecule has 0 heterocycles. The average Bonchev–Trinajstić information content (AvgIpc) is 2.68. The summed E-state index contributed by atoms with van der Waals surface area (Å²) >= 11 is 0. The van der Waals surface area contributed by atoms with Crippen molar-refractivity contribution in [1.29, 1.82) is 0 Å². The van der Waals surface area contributed by atoms with E-state index in [1.54, 1.807) is 30.3 Å². The SMILES string of the molecule is O=C(O)c1ccc(C(=O)Oc2ccc(C(=O)c3ccccc3)c(O)c2)cc1. The van der Waals surface area contributed by atoms with Crippen LogP contribution in [0.15, 0.2) is 72.8 Å². The Morgan fingerprint density at radius 2 is 1.37 bits per heavy atom. The number of ether oxygens (including phenoxy) is 1. The zero-order chi connectivity index (χ0) is 19.4. The van der Waals surface area contributed by atoms with Crippen LogP contribution < -0.4 is 4.74 Å². The first-order valence-corrected chi connectivity index (χ1v) is 7.94. The van der Waals surface area contributed by atoms with E-state index in [1.807, 2.05) is 0 Å². The van der Waals surface area contributed by atoms with Gasteiger partial charge >= 0.3 is 11.9 Å². The third kappa shape index (κ3) is 4.01. The van der Waals surface area contributed by atoms with Gasteiger partial charge in [-0.15, -0.1) is 0 Å². The highest BCUT2D eigenvalue weighted by atomic mass is 16.5. The largest absolute Gasteiger partial charge is 0.507 e. The first kappa shape index (κ1) is 17.9. The van der Waals surface area contributed by atoms with Gasteiger partial charge in [-0.25, -0.2) is 9.59 Å². The second kappa shape index (κ2) is 7.53. The Bertz CT molecular complexity index is 1010. The van der Waals surface area contributed by atoms with Gasteiger partial charge in [0, 0.05) is 11.6 Å². The van der Waals surface area contributed by atoms with Gasteiger partial charge in [0.2, 0.25) is 0 Å². The summed E-state index contributed by atoms with van der Waals surface area (Å²) in [7, 11) is 0. The van der Waals surface area contributed by atoms with Crippen molar-refractivity contribution < 1.29 is 29.3 Å². The highest BCUT2D eigenvalue weighted by molar-refractivity contribution is 6.10. The third-order valence-electron chi connectivity index (χ3n) is 3.83. The number of hydrogen-bond donors (Lipinski definition) is 2. The Labute approximate surface area is 154 Å². The molecule has 0 aliphatic carbocycles. The lowest BCUT2D eigenvalue weighted by molar-refractivity contribution is 0.0691. The lowest BCUT2D eigenvalue weighted by Gasteiger charge is -2.08. The molecule has 2 N–H and O–H groups in total. The van der Waals surface area contributed by atoms with E-state index in [4.69, 9.17) is 9.84 Å². The van der Waals surface area contributed by atoms with Crippen molar-refractivity contribution in [2.24, 2.45) is 0 Å². The molecule has 3 aromatic rings. The Morgan fingerprint density at radius 3 is 1.96 bits per heavy atom. The van der Waals surface area contributed by atoms with Gasteiger partial charge in [0.1, 0.15) is 11.5 Å². The molecule has 134 valence electrons. The fraction of sp³-hybridized carbons (Fsp3) is 0. The van der Waals surface area contributed by atoms with Gasteiger partial charge in [0.15, 0.2) is 5.78 Å². The molecular weight excluding hydrogens is 348 g/mol. The Balaban J connectivity index is 1.76. The van der Waals surface area contributed by atoms with Gasteiger partial charge in [-0.3, -0.25) is 4.79 Å². The number of phenols is 1. The van der Waals surface area contributed by atoms with Crippen molar-refractivity contribution in [3.05, 3.63) is 95.1 Å². The minimum atomic E-state index is -1.10. The van der Waals surface area contributed by atoms with Gasteiger partial charge in [-0.1, -0.05) is 30.3 Å². The normalized spacial score (nSPS) is 10.2. The average molecular weight is 362 g/mol. The van der Waals surface area contributed by atoms with E-state index in [0.717, 1.165) is 0 Å². The lowest BCUT2D eigenvalue weighted by Crippen LogP contribution is -2.09. The Kier molecular flexibility index (Phi) is 4.99. The van der Waals surface area contributed by atoms with E-state index in [-0.39, 0.29) is 34.0 Å². The first-order valence-electron chi connectivity index (χ1n) is 7.94. The summed E-state index contributed by atoms with van der Waals surface area (Å²) in [6.45, 7) is 0.